The number of thiophene rings is 1. The highest BCUT2D eigenvalue weighted by Crippen LogP contribution is 2.25. The summed E-state index contributed by atoms with van der Waals surface area (Å²) in [6.45, 7) is 9.38. The Balaban J connectivity index is 1.82. The Labute approximate surface area is 182 Å². The second-order valence-corrected chi connectivity index (χ2v) is 8.47. The van der Waals surface area contributed by atoms with Gasteiger partial charge in [0, 0.05) is 10.6 Å². The normalized spacial score (nSPS) is 10.6. The maximum absolute atomic E-state index is 12.2. The topological polar surface area (TPSA) is 84.5 Å². The number of rotatable bonds is 9. The molecule has 2 amide bonds. The van der Waals surface area contributed by atoms with Crippen molar-refractivity contribution in [2.75, 3.05) is 18.5 Å². The van der Waals surface area contributed by atoms with E-state index in [1.54, 1.807) is 0 Å². The van der Waals surface area contributed by atoms with E-state index in [2.05, 4.69) is 24.5 Å². The van der Waals surface area contributed by atoms with Crippen LogP contribution in [0.3, 0.4) is 0 Å². The Morgan fingerprint density at radius 3 is 2.27 bits per heavy atom. The lowest BCUT2D eigenvalue weighted by molar-refractivity contribution is -0.126. The molecule has 0 unspecified atom stereocenters. The van der Waals surface area contributed by atoms with Crippen LogP contribution < -0.4 is 10.6 Å². The van der Waals surface area contributed by atoms with Gasteiger partial charge in [-0.25, -0.2) is 4.79 Å². The molecule has 7 heteroatoms. The van der Waals surface area contributed by atoms with E-state index in [-0.39, 0.29) is 12.5 Å². The van der Waals surface area contributed by atoms with Crippen LogP contribution in [0.25, 0.3) is 0 Å². The second-order valence-electron chi connectivity index (χ2n) is 7.34. The highest BCUT2D eigenvalue weighted by Gasteiger charge is 2.16. The number of amides is 2. The number of anilines is 1. The Morgan fingerprint density at radius 2 is 1.67 bits per heavy atom. The molecule has 0 saturated carbocycles. The van der Waals surface area contributed by atoms with Gasteiger partial charge in [-0.05, 0) is 56.4 Å². The molecule has 2 N–H and O–H groups in total. The van der Waals surface area contributed by atoms with Crippen LogP contribution in [0.5, 0.6) is 0 Å². The minimum Gasteiger partial charge on any atom is -0.451 e. The summed E-state index contributed by atoms with van der Waals surface area (Å²) >= 11 is 1.42. The number of esters is 1. The van der Waals surface area contributed by atoms with Gasteiger partial charge in [-0.1, -0.05) is 38.0 Å². The van der Waals surface area contributed by atoms with Gasteiger partial charge in [0.25, 0.3) is 5.91 Å². The molecule has 0 bridgehead atoms. The summed E-state index contributed by atoms with van der Waals surface area (Å²) < 4.78 is 5.11. The molecule has 0 atom stereocenters. The summed E-state index contributed by atoms with van der Waals surface area (Å²) in [5.74, 6) is -1.36. The van der Waals surface area contributed by atoms with Gasteiger partial charge < -0.3 is 15.4 Å². The molecular weight excluding hydrogens is 400 g/mol. The lowest BCUT2D eigenvalue weighted by Gasteiger charge is -2.13. The van der Waals surface area contributed by atoms with Crippen LogP contribution in [0.15, 0.2) is 18.2 Å². The number of carbonyl (C=O) groups excluding carboxylic acids is 3. The predicted octanol–water partition coefficient (Wildman–Crippen LogP) is 4.10. The van der Waals surface area contributed by atoms with Crippen molar-refractivity contribution in [3.8, 4) is 0 Å². The first kappa shape index (κ1) is 23.6. The number of benzene rings is 1. The largest absolute Gasteiger partial charge is 0.451 e. The van der Waals surface area contributed by atoms with Crippen molar-refractivity contribution in [2.45, 2.75) is 53.9 Å². The lowest BCUT2D eigenvalue weighted by Crippen LogP contribution is -2.35. The zero-order valence-electron chi connectivity index (χ0n) is 18.3. The summed E-state index contributed by atoms with van der Waals surface area (Å²) in [4.78, 5) is 38.1. The molecule has 0 aliphatic heterocycles. The Kier molecular flexibility index (Phi) is 8.59. The summed E-state index contributed by atoms with van der Waals surface area (Å²) in [6, 6.07) is 5.82. The average molecular weight is 431 g/mol. The van der Waals surface area contributed by atoms with Crippen molar-refractivity contribution in [3.05, 3.63) is 50.2 Å². The number of carbonyl (C=O) groups is 3. The van der Waals surface area contributed by atoms with Crippen LogP contribution in [0.4, 0.5) is 5.69 Å². The van der Waals surface area contributed by atoms with Crippen molar-refractivity contribution in [1.82, 2.24) is 5.32 Å². The van der Waals surface area contributed by atoms with Crippen LogP contribution >= 0.6 is 11.3 Å². The Hall–Kier alpha value is -2.67. The molecule has 1 aromatic carbocycles. The first-order valence-corrected chi connectivity index (χ1v) is 11.0. The first-order chi connectivity index (χ1) is 14.2. The van der Waals surface area contributed by atoms with Crippen LogP contribution in [0, 0.1) is 20.8 Å². The molecule has 0 spiro atoms. The van der Waals surface area contributed by atoms with Gasteiger partial charge in [-0.2, -0.15) is 0 Å². The quantitative estimate of drug-likeness (QED) is 0.587. The summed E-state index contributed by atoms with van der Waals surface area (Å²) in [7, 11) is 0. The van der Waals surface area contributed by atoms with E-state index < -0.39 is 18.5 Å². The van der Waals surface area contributed by atoms with Gasteiger partial charge in [0.1, 0.15) is 4.88 Å². The molecule has 1 heterocycles. The van der Waals surface area contributed by atoms with Crippen LogP contribution in [-0.4, -0.2) is 30.9 Å². The average Bonchev–Trinajstić information content (AvgIpc) is 3.10. The van der Waals surface area contributed by atoms with Crippen molar-refractivity contribution in [3.63, 3.8) is 0 Å². The number of ether oxygens (including phenoxy) is 1. The fourth-order valence-corrected chi connectivity index (χ4v) is 4.55. The monoisotopic (exact) mass is 430 g/mol. The lowest BCUT2D eigenvalue weighted by atomic mass is 10.1. The van der Waals surface area contributed by atoms with E-state index in [9.17, 15) is 14.4 Å². The molecule has 162 valence electrons. The molecule has 0 fully saturated rings. The van der Waals surface area contributed by atoms with Gasteiger partial charge in [0.05, 0.1) is 6.54 Å². The minimum absolute atomic E-state index is 0.192. The summed E-state index contributed by atoms with van der Waals surface area (Å²) in [6.07, 6.45) is 2.79. The van der Waals surface area contributed by atoms with E-state index in [0.29, 0.717) is 4.88 Å². The van der Waals surface area contributed by atoms with E-state index in [1.165, 1.54) is 16.2 Å². The van der Waals surface area contributed by atoms with Crippen LogP contribution in [-0.2, 0) is 27.2 Å². The molecule has 0 aliphatic rings. The van der Waals surface area contributed by atoms with Gasteiger partial charge >= 0.3 is 5.97 Å². The molecule has 0 aliphatic carbocycles. The molecule has 0 saturated heterocycles. The van der Waals surface area contributed by atoms with Crippen LogP contribution in [0.2, 0.25) is 0 Å². The number of aryl methyl sites for hydroxylation is 5. The van der Waals surface area contributed by atoms with Gasteiger partial charge in [-0.3, -0.25) is 9.59 Å². The molecule has 0 radical (unpaired) electrons. The van der Waals surface area contributed by atoms with E-state index >= 15 is 0 Å². The van der Waals surface area contributed by atoms with Crippen molar-refractivity contribution < 1.29 is 19.1 Å². The third-order valence-electron chi connectivity index (χ3n) is 4.68. The van der Waals surface area contributed by atoms with Crippen LogP contribution in [0.1, 0.15) is 57.1 Å². The van der Waals surface area contributed by atoms with Crippen molar-refractivity contribution >= 4 is 34.8 Å². The second kappa shape index (κ2) is 10.9. The van der Waals surface area contributed by atoms with E-state index in [0.717, 1.165) is 47.2 Å². The molecule has 2 aromatic rings. The Morgan fingerprint density at radius 1 is 1.00 bits per heavy atom. The maximum atomic E-state index is 12.2. The third-order valence-corrected chi connectivity index (χ3v) is 5.89. The molecule has 30 heavy (non-hydrogen) atoms. The maximum Gasteiger partial charge on any atom is 0.348 e. The third kappa shape index (κ3) is 6.42. The van der Waals surface area contributed by atoms with Gasteiger partial charge in [0.15, 0.2) is 6.61 Å². The van der Waals surface area contributed by atoms with E-state index in [1.807, 2.05) is 39.0 Å². The SMILES string of the molecule is CCCc1sc(C(=O)OCC(=O)NCC(=O)Nc2c(C)cc(C)cc2C)cc1CC. The Bertz CT molecular complexity index is 910. The highest BCUT2D eigenvalue weighted by atomic mass is 32.1. The molecule has 2 rings (SSSR count). The van der Waals surface area contributed by atoms with E-state index in [4.69, 9.17) is 4.74 Å². The summed E-state index contributed by atoms with van der Waals surface area (Å²) in [5, 5.41) is 5.30. The van der Waals surface area contributed by atoms with Gasteiger partial charge in [-0.15, -0.1) is 11.3 Å². The van der Waals surface area contributed by atoms with Crippen molar-refractivity contribution in [2.24, 2.45) is 0 Å². The number of nitrogens with one attached hydrogen (secondary N) is 2. The summed E-state index contributed by atoms with van der Waals surface area (Å²) in [5.41, 5.74) is 4.95. The first-order valence-electron chi connectivity index (χ1n) is 10.2. The molecular formula is C23H30N2O4S. The predicted molar refractivity (Wildman–Crippen MR) is 120 cm³/mol. The fraction of sp³-hybridized carbons (Fsp3) is 0.435. The standard InChI is InChI=1S/C23H30N2O4S/c1-6-8-18-17(7-2)11-19(30-18)23(28)29-13-21(27)24-12-20(26)25-22-15(4)9-14(3)10-16(22)5/h9-11H,6-8,12-13H2,1-5H3,(H,24,27)(H,25,26). The number of hydrogen-bond donors (Lipinski definition) is 2. The zero-order chi connectivity index (χ0) is 22.3. The molecule has 6 nitrogen and oxygen atoms in total. The van der Waals surface area contributed by atoms with Gasteiger partial charge in [0.2, 0.25) is 5.91 Å². The number of hydrogen-bond acceptors (Lipinski definition) is 5. The zero-order valence-corrected chi connectivity index (χ0v) is 19.1. The fourth-order valence-electron chi connectivity index (χ4n) is 3.30. The smallest absolute Gasteiger partial charge is 0.348 e. The molecule has 1 aromatic heterocycles. The van der Waals surface area contributed by atoms with Crippen molar-refractivity contribution in [1.29, 1.82) is 0 Å². The highest BCUT2D eigenvalue weighted by molar-refractivity contribution is 7.14. The minimum atomic E-state index is -0.517.